The minimum absolute atomic E-state index is 0.0532. The van der Waals surface area contributed by atoms with Gasteiger partial charge >= 0.3 is 0 Å². The molecule has 3 N–H and O–H groups in total. The molecule has 2 saturated heterocycles. The molecule has 122 valence electrons. The minimum Gasteiger partial charge on any atom is -0.364 e. The number of hydrogen-bond donors (Lipinski definition) is 2. The van der Waals surface area contributed by atoms with Gasteiger partial charge in [0.2, 0.25) is 10.0 Å². The molecule has 1 aromatic rings. The zero-order valence-corrected chi connectivity index (χ0v) is 13.5. The normalized spacial score (nSPS) is 26.0. The Hall–Kier alpha value is -1.38. The highest BCUT2D eigenvalue weighted by Crippen LogP contribution is 2.28. The number of nitrogens with one attached hydrogen (secondary N) is 1. The van der Waals surface area contributed by atoms with Gasteiger partial charge in [-0.05, 0) is 31.9 Å². The number of carbonyl (C=O) groups excluding carboxylic acids is 1. The van der Waals surface area contributed by atoms with Crippen LogP contribution in [0.4, 0.5) is 0 Å². The Morgan fingerprint density at radius 3 is 2.77 bits per heavy atom. The summed E-state index contributed by atoms with van der Waals surface area (Å²) >= 11 is 0. The number of carbonyl (C=O) groups is 1. The van der Waals surface area contributed by atoms with Gasteiger partial charge in [-0.25, -0.2) is 13.1 Å². The van der Waals surface area contributed by atoms with Crippen LogP contribution in [0.15, 0.2) is 17.2 Å². The summed E-state index contributed by atoms with van der Waals surface area (Å²) in [4.78, 5) is 13.7. The van der Waals surface area contributed by atoms with E-state index in [2.05, 4.69) is 9.62 Å². The molecule has 2 aliphatic rings. The molecule has 1 amide bonds. The number of hydrogen-bond acceptors (Lipinski definition) is 4. The molecule has 2 aliphatic heterocycles. The number of aromatic nitrogens is 1. The maximum absolute atomic E-state index is 12.6. The molecule has 0 aliphatic carbocycles. The quantitative estimate of drug-likeness (QED) is 0.815. The van der Waals surface area contributed by atoms with E-state index in [1.807, 2.05) is 0 Å². The number of fused-ring (bicyclic) bond motifs is 1. The molecule has 0 bridgehead atoms. The van der Waals surface area contributed by atoms with E-state index >= 15 is 0 Å². The van der Waals surface area contributed by atoms with E-state index in [-0.39, 0.29) is 16.6 Å². The summed E-state index contributed by atoms with van der Waals surface area (Å²) in [5.41, 5.74) is 5.43. The summed E-state index contributed by atoms with van der Waals surface area (Å²) in [6, 6.07) is 1.57. The average molecular weight is 326 g/mol. The van der Waals surface area contributed by atoms with Gasteiger partial charge in [-0.15, -0.1) is 0 Å². The van der Waals surface area contributed by atoms with E-state index in [4.69, 9.17) is 5.73 Å². The summed E-state index contributed by atoms with van der Waals surface area (Å²) < 4.78 is 29.4. The van der Waals surface area contributed by atoms with E-state index in [0.29, 0.717) is 6.04 Å². The van der Waals surface area contributed by atoms with Crippen LogP contribution < -0.4 is 10.5 Å². The first kappa shape index (κ1) is 15.5. The minimum atomic E-state index is -3.63. The van der Waals surface area contributed by atoms with Crippen molar-refractivity contribution in [3.63, 3.8) is 0 Å². The van der Waals surface area contributed by atoms with Gasteiger partial charge in [-0.2, -0.15) is 0 Å². The van der Waals surface area contributed by atoms with Crippen LogP contribution in [-0.2, 0) is 17.1 Å². The fourth-order valence-electron chi connectivity index (χ4n) is 3.58. The lowest BCUT2D eigenvalue weighted by Crippen LogP contribution is -2.46. The lowest BCUT2D eigenvalue weighted by molar-refractivity contribution is 0.0992. The number of nitrogens with two attached hydrogens (primary N) is 1. The van der Waals surface area contributed by atoms with Crippen molar-refractivity contribution in [2.24, 2.45) is 12.8 Å². The van der Waals surface area contributed by atoms with Gasteiger partial charge in [0.25, 0.3) is 5.91 Å². The van der Waals surface area contributed by atoms with Gasteiger partial charge in [0.1, 0.15) is 10.6 Å². The molecule has 2 atom stereocenters. The molecule has 7 nitrogen and oxygen atoms in total. The largest absolute Gasteiger partial charge is 0.364 e. The van der Waals surface area contributed by atoms with Crippen molar-refractivity contribution in [2.45, 2.75) is 42.7 Å². The van der Waals surface area contributed by atoms with Gasteiger partial charge in [0.05, 0.1) is 0 Å². The van der Waals surface area contributed by atoms with E-state index < -0.39 is 15.9 Å². The third-order valence-electron chi connectivity index (χ3n) is 4.71. The van der Waals surface area contributed by atoms with Crippen molar-refractivity contribution in [3.05, 3.63) is 18.0 Å². The molecule has 2 fully saturated rings. The molecule has 22 heavy (non-hydrogen) atoms. The van der Waals surface area contributed by atoms with Gasteiger partial charge in [-0.3, -0.25) is 9.69 Å². The van der Waals surface area contributed by atoms with Crippen LogP contribution in [0.3, 0.4) is 0 Å². The zero-order valence-electron chi connectivity index (χ0n) is 12.7. The van der Waals surface area contributed by atoms with E-state index in [0.717, 1.165) is 32.4 Å². The fourth-order valence-corrected chi connectivity index (χ4v) is 4.95. The van der Waals surface area contributed by atoms with E-state index in [9.17, 15) is 13.2 Å². The third-order valence-corrected chi connectivity index (χ3v) is 6.16. The van der Waals surface area contributed by atoms with Crippen LogP contribution in [0.5, 0.6) is 0 Å². The van der Waals surface area contributed by atoms with Gasteiger partial charge in [-0.1, -0.05) is 6.42 Å². The monoisotopic (exact) mass is 326 g/mol. The number of aryl methyl sites for hydroxylation is 1. The summed E-state index contributed by atoms with van der Waals surface area (Å²) in [6.07, 6.45) is 5.64. The highest BCUT2D eigenvalue weighted by molar-refractivity contribution is 7.89. The number of primary amides is 1. The first-order valence-corrected chi connectivity index (χ1v) is 9.09. The second-order valence-electron chi connectivity index (χ2n) is 6.15. The number of sulfonamides is 1. The summed E-state index contributed by atoms with van der Waals surface area (Å²) in [6.45, 7) is 2.00. The number of nitrogens with zero attached hydrogens (tertiary/aromatic N) is 2. The summed E-state index contributed by atoms with van der Waals surface area (Å²) in [5.74, 6) is -0.636. The molecular formula is C14H22N4O3S. The lowest BCUT2D eigenvalue weighted by Gasteiger charge is -2.32. The van der Waals surface area contributed by atoms with E-state index in [1.165, 1.54) is 23.3 Å². The maximum Gasteiger partial charge on any atom is 0.265 e. The standard InChI is InChI=1S/C14H22N4O3S/c1-17-9-10(8-13(17)14(15)19)22(20,21)16-11-5-7-18-6-3-2-4-12(11)18/h8-9,11-12,16H,2-7H2,1H3,(H2,15,19)/t11-,12-/m1/s1. The summed E-state index contributed by atoms with van der Waals surface area (Å²) in [5, 5.41) is 0. The van der Waals surface area contributed by atoms with Gasteiger partial charge in [0, 0.05) is 31.9 Å². The first-order valence-electron chi connectivity index (χ1n) is 7.61. The van der Waals surface area contributed by atoms with Crippen LogP contribution in [0, 0.1) is 0 Å². The molecule has 0 aromatic carbocycles. The highest BCUT2D eigenvalue weighted by Gasteiger charge is 2.38. The highest BCUT2D eigenvalue weighted by atomic mass is 32.2. The Balaban J connectivity index is 1.79. The van der Waals surface area contributed by atoms with Crippen LogP contribution in [0.2, 0.25) is 0 Å². The van der Waals surface area contributed by atoms with Crippen molar-refractivity contribution in [1.29, 1.82) is 0 Å². The zero-order chi connectivity index (χ0) is 15.9. The Morgan fingerprint density at radius 1 is 1.32 bits per heavy atom. The smallest absolute Gasteiger partial charge is 0.265 e. The van der Waals surface area contributed by atoms with Crippen molar-refractivity contribution in [2.75, 3.05) is 13.1 Å². The molecule has 1 aromatic heterocycles. The molecule has 0 spiro atoms. The number of rotatable bonds is 4. The molecule has 0 saturated carbocycles. The van der Waals surface area contributed by atoms with Gasteiger partial charge in [0.15, 0.2) is 0 Å². The second kappa shape index (κ2) is 5.68. The predicted octanol–water partition coefficient (Wildman–Crippen LogP) is 0.0291. The second-order valence-corrected chi connectivity index (χ2v) is 7.87. The van der Waals surface area contributed by atoms with Crippen molar-refractivity contribution >= 4 is 15.9 Å². The Morgan fingerprint density at radius 2 is 2.09 bits per heavy atom. The number of amides is 1. The topological polar surface area (TPSA) is 97.4 Å². The lowest BCUT2D eigenvalue weighted by atomic mass is 10.00. The molecule has 3 heterocycles. The molecule has 8 heteroatoms. The van der Waals surface area contributed by atoms with Crippen LogP contribution in [0.25, 0.3) is 0 Å². The molecular weight excluding hydrogens is 304 g/mol. The van der Waals surface area contributed by atoms with E-state index in [1.54, 1.807) is 7.05 Å². The van der Waals surface area contributed by atoms with Crippen LogP contribution in [0.1, 0.15) is 36.2 Å². The Labute approximate surface area is 130 Å². The Bertz CT molecular complexity index is 682. The predicted molar refractivity (Wildman–Crippen MR) is 81.9 cm³/mol. The maximum atomic E-state index is 12.6. The summed E-state index contributed by atoms with van der Waals surface area (Å²) in [7, 11) is -2.03. The third kappa shape index (κ3) is 2.78. The first-order chi connectivity index (χ1) is 10.4. The Kier molecular flexibility index (Phi) is 4.00. The van der Waals surface area contributed by atoms with Crippen molar-refractivity contribution in [1.82, 2.24) is 14.2 Å². The molecule has 0 radical (unpaired) electrons. The molecule has 0 unspecified atom stereocenters. The SMILES string of the molecule is Cn1cc(S(=O)(=O)N[C@@H]2CCN3CCCC[C@H]23)cc1C(N)=O. The average Bonchev–Trinajstić information content (AvgIpc) is 3.03. The van der Waals surface area contributed by atoms with Crippen LogP contribution >= 0.6 is 0 Å². The fraction of sp³-hybridized carbons (Fsp3) is 0.643. The van der Waals surface area contributed by atoms with Gasteiger partial charge < -0.3 is 10.3 Å². The van der Waals surface area contributed by atoms with Crippen molar-refractivity contribution in [3.8, 4) is 0 Å². The number of piperidine rings is 1. The van der Waals surface area contributed by atoms with Crippen molar-refractivity contribution < 1.29 is 13.2 Å². The molecule has 3 rings (SSSR count). The van der Waals surface area contributed by atoms with Crippen LogP contribution in [-0.4, -0.2) is 49.0 Å².